The van der Waals surface area contributed by atoms with Crippen LogP contribution in [0.3, 0.4) is 0 Å². The molecule has 26 heavy (non-hydrogen) atoms. The highest BCUT2D eigenvalue weighted by atomic mass is 32.1. The van der Waals surface area contributed by atoms with Crippen LogP contribution in [-0.4, -0.2) is 22.6 Å². The van der Waals surface area contributed by atoms with Crippen LogP contribution in [0.5, 0.6) is 0 Å². The van der Waals surface area contributed by atoms with Crippen LogP contribution in [0.2, 0.25) is 0 Å². The first kappa shape index (κ1) is 18.7. The van der Waals surface area contributed by atoms with Crippen LogP contribution in [0.25, 0.3) is 10.4 Å². The number of thiophene rings is 1. The summed E-state index contributed by atoms with van der Waals surface area (Å²) in [6.07, 6.45) is 6.69. The number of pyridine rings is 2. The van der Waals surface area contributed by atoms with Crippen molar-refractivity contribution in [2.45, 2.75) is 38.8 Å². The number of aryl methyl sites for hydroxylation is 1. The van der Waals surface area contributed by atoms with Crippen molar-refractivity contribution in [1.29, 1.82) is 0 Å². The molecule has 3 rings (SSSR count). The minimum atomic E-state index is 0.338. The Bertz CT molecular complexity index is 801. The number of nitrogens with zero attached hydrogens (tertiary/aromatic N) is 2. The summed E-state index contributed by atoms with van der Waals surface area (Å²) in [6, 6.07) is 12.8. The average molecular weight is 367 g/mol. The third kappa shape index (κ3) is 4.97. The van der Waals surface area contributed by atoms with E-state index in [1.54, 1.807) is 11.3 Å². The summed E-state index contributed by atoms with van der Waals surface area (Å²) in [7, 11) is 0. The molecule has 0 spiro atoms. The SMILES string of the molecule is Cc1cccnc1CC(CCCN)NCc1ncccc1-c1cccs1. The van der Waals surface area contributed by atoms with Crippen LogP contribution in [0.1, 0.15) is 29.8 Å². The maximum atomic E-state index is 5.74. The van der Waals surface area contributed by atoms with Gasteiger partial charge in [-0.25, -0.2) is 0 Å². The maximum Gasteiger partial charge on any atom is 0.0628 e. The van der Waals surface area contributed by atoms with Gasteiger partial charge < -0.3 is 11.1 Å². The molecule has 4 nitrogen and oxygen atoms in total. The molecule has 136 valence electrons. The summed E-state index contributed by atoms with van der Waals surface area (Å²) >= 11 is 1.75. The Labute approximate surface area is 159 Å². The lowest BCUT2D eigenvalue weighted by Gasteiger charge is -2.20. The van der Waals surface area contributed by atoms with E-state index in [1.807, 2.05) is 24.5 Å². The molecular weight excluding hydrogens is 340 g/mol. The van der Waals surface area contributed by atoms with Gasteiger partial charge in [0, 0.05) is 47.5 Å². The average Bonchev–Trinajstić information content (AvgIpc) is 3.20. The van der Waals surface area contributed by atoms with Crippen molar-refractivity contribution in [3.8, 4) is 10.4 Å². The molecule has 1 unspecified atom stereocenters. The third-order valence-corrected chi connectivity index (χ3v) is 5.45. The highest BCUT2D eigenvalue weighted by molar-refractivity contribution is 7.13. The van der Waals surface area contributed by atoms with Crippen molar-refractivity contribution in [2.75, 3.05) is 6.54 Å². The molecule has 3 heterocycles. The first-order chi connectivity index (χ1) is 12.8. The van der Waals surface area contributed by atoms with Gasteiger partial charge in [-0.2, -0.15) is 0 Å². The monoisotopic (exact) mass is 366 g/mol. The number of aromatic nitrogens is 2. The van der Waals surface area contributed by atoms with Crippen molar-refractivity contribution >= 4 is 11.3 Å². The number of nitrogens with two attached hydrogens (primary N) is 1. The lowest BCUT2D eigenvalue weighted by atomic mass is 10.0. The smallest absolute Gasteiger partial charge is 0.0628 e. The molecule has 0 amide bonds. The van der Waals surface area contributed by atoms with E-state index in [-0.39, 0.29) is 0 Å². The Morgan fingerprint density at radius 3 is 2.62 bits per heavy atom. The largest absolute Gasteiger partial charge is 0.330 e. The predicted octanol–water partition coefficient (Wildman–Crippen LogP) is 3.95. The topological polar surface area (TPSA) is 63.8 Å². The van der Waals surface area contributed by atoms with E-state index in [0.29, 0.717) is 12.6 Å². The highest BCUT2D eigenvalue weighted by Crippen LogP contribution is 2.26. The first-order valence-corrected chi connectivity index (χ1v) is 9.97. The van der Waals surface area contributed by atoms with E-state index in [1.165, 1.54) is 16.0 Å². The molecule has 0 bridgehead atoms. The van der Waals surface area contributed by atoms with Crippen molar-refractivity contribution in [2.24, 2.45) is 5.73 Å². The van der Waals surface area contributed by atoms with Crippen LogP contribution in [0.15, 0.2) is 54.2 Å². The Morgan fingerprint density at radius 1 is 1.08 bits per heavy atom. The van der Waals surface area contributed by atoms with Gasteiger partial charge in [-0.15, -0.1) is 11.3 Å². The Morgan fingerprint density at radius 2 is 1.88 bits per heavy atom. The van der Waals surface area contributed by atoms with E-state index in [0.717, 1.165) is 37.2 Å². The molecule has 3 aromatic rings. The number of nitrogens with one attached hydrogen (secondary N) is 1. The zero-order valence-electron chi connectivity index (χ0n) is 15.2. The minimum Gasteiger partial charge on any atom is -0.330 e. The molecule has 3 N–H and O–H groups in total. The quantitative estimate of drug-likeness (QED) is 0.602. The molecule has 0 aliphatic rings. The van der Waals surface area contributed by atoms with Crippen LogP contribution in [0.4, 0.5) is 0 Å². The fourth-order valence-corrected chi connectivity index (χ4v) is 3.86. The van der Waals surface area contributed by atoms with E-state index in [2.05, 4.69) is 51.9 Å². The lowest BCUT2D eigenvalue weighted by Crippen LogP contribution is -2.32. The molecule has 0 aromatic carbocycles. The fourth-order valence-electron chi connectivity index (χ4n) is 3.08. The molecule has 0 aliphatic carbocycles. The highest BCUT2D eigenvalue weighted by Gasteiger charge is 2.13. The summed E-state index contributed by atoms with van der Waals surface area (Å²) < 4.78 is 0. The summed E-state index contributed by atoms with van der Waals surface area (Å²) in [6.45, 7) is 3.58. The normalized spacial score (nSPS) is 12.2. The zero-order valence-corrected chi connectivity index (χ0v) is 16.0. The number of hydrogen-bond acceptors (Lipinski definition) is 5. The van der Waals surface area contributed by atoms with Crippen LogP contribution >= 0.6 is 11.3 Å². The number of rotatable bonds is 9. The van der Waals surface area contributed by atoms with Crippen LogP contribution in [-0.2, 0) is 13.0 Å². The molecule has 0 fully saturated rings. The lowest BCUT2D eigenvalue weighted by molar-refractivity contribution is 0.459. The van der Waals surface area contributed by atoms with Gasteiger partial charge in [0.05, 0.1) is 5.69 Å². The Kier molecular flexibility index (Phi) is 6.89. The molecule has 0 saturated heterocycles. The van der Waals surface area contributed by atoms with E-state index in [9.17, 15) is 0 Å². The number of hydrogen-bond donors (Lipinski definition) is 2. The molecule has 0 saturated carbocycles. The van der Waals surface area contributed by atoms with Crippen LogP contribution in [0, 0.1) is 6.92 Å². The summed E-state index contributed by atoms with van der Waals surface area (Å²) in [5.41, 5.74) is 10.4. The molecule has 3 aromatic heterocycles. The molecule has 0 radical (unpaired) electrons. The van der Waals surface area contributed by atoms with Gasteiger partial charge in [-0.3, -0.25) is 9.97 Å². The second-order valence-corrected chi connectivity index (χ2v) is 7.40. The van der Waals surface area contributed by atoms with Gasteiger partial charge in [-0.1, -0.05) is 18.2 Å². The summed E-state index contributed by atoms with van der Waals surface area (Å²) in [5.74, 6) is 0. The van der Waals surface area contributed by atoms with Crippen LogP contribution < -0.4 is 11.1 Å². The second-order valence-electron chi connectivity index (χ2n) is 6.45. The molecule has 0 aliphatic heterocycles. The minimum absolute atomic E-state index is 0.338. The van der Waals surface area contributed by atoms with Gasteiger partial charge in [-0.05, 0) is 55.5 Å². The third-order valence-electron chi connectivity index (χ3n) is 4.55. The van der Waals surface area contributed by atoms with Crippen molar-refractivity contribution < 1.29 is 0 Å². The van der Waals surface area contributed by atoms with Crippen molar-refractivity contribution in [1.82, 2.24) is 15.3 Å². The maximum absolute atomic E-state index is 5.74. The standard InChI is InChI=1S/C21H26N4S/c1-16-6-3-11-23-19(16)14-17(7-2-10-22)25-15-20-18(8-4-12-24-20)21-9-5-13-26-21/h3-6,8-9,11-13,17,25H,2,7,10,14-15,22H2,1H3. The second kappa shape index (κ2) is 9.57. The van der Waals surface area contributed by atoms with Crippen molar-refractivity contribution in [3.05, 3.63) is 71.1 Å². The van der Waals surface area contributed by atoms with Gasteiger partial charge in [0.2, 0.25) is 0 Å². The predicted molar refractivity (Wildman–Crippen MR) is 109 cm³/mol. The fraction of sp³-hybridized carbons (Fsp3) is 0.333. The Hall–Kier alpha value is -2.08. The summed E-state index contributed by atoms with van der Waals surface area (Å²) in [5, 5.41) is 5.80. The summed E-state index contributed by atoms with van der Waals surface area (Å²) in [4.78, 5) is 10.4. The Balaban J connectivity index is 1.71. The van der Waals surface area contributed by atoms with Gasteiger partial charge >= 0.3 is 0 Å². The zero-order chi connectivity index (χ0) is 18.2. The molecule has 5 heteroatoms. The van der Waals surface area contributed by atoms with E-state index < -0.39 is 0 Å². The van der Waals surface area contributed by atoms with E-state index >= 15 is 0 Å². The van der Waals surface area contributed by atoms with Gasteiger partial charge in [0.25, 0.3) is 0 Å². The van der Waals surface area contributed by atoms with E-state index in [4.69, 9.17) is 5.73 Å². The molecular formula is C21H26N4S. The van der Waals surface area contributed by atoms with Gasteiger partial charge in [0.15, 0.2) is 0 Å². The van der Waals surface area contributed by atoms with Gasteiger partial charge in [0.1, 0.15) is 0 Å². The van der Waals surface area contributed by atoms with Crippen molar-refractivity contribution in [3.63, 3.8) is 0 Å². The first-order valence-electron chi connectivity index (χ1n) is 9.09. The molecule has 1 atom stereocenters.